The van der Waals surface area contributed by atoms with E-state index in [4.69, 9.17) is 0 Å². The minimum atomic E-state index is 0.0315. The Hall–Kier alpha value is -2.76. The summed E-state index contributed by atoms with van der Waals surface area (Å²) >= 11 is 0. The van der Waals surface area contributed by atoms with Crippen LogP contribution in [0.15, 0.2) is 36.5 Å². The molecule has 6 heteroatoms. The third kappa shape index (κ3) is 3.24. The number of fused-ring (bicyclic) bond motifs is 1. The molecule has 1 saturated heterocycles. The van der Waals surface area contributed by atoms with E-state index in [9.17, 15) is 4.79 Å². The van der Waals surface area contributed by atoms with E-state index in [0.29, 0.717) is 11.6 Å². The lowest BCUT2D eigenvalue weighted by atomic mass is 9.93. The maximum atomic E-state index is 12.9. The fourth-order valence-corrected chi connectivity index (χ4v) is 3.52. The summed E-state index contributed by atoms with van der Waals surface area (Å²) in [7, 11) is 0. The molecule has 1 aromatic carbocycles. The van der Waals surface area contributed by atoms with E-state index in [1.54, 1.807) is 6.20 Å². The molecule has 1 fully saturated rings. The summed E-state index contributed by atoms with van der Waals surface area (Å²) in [5, 5.41) is 9.08. The standard InChI is InChI=1S/C19H21N5O/c1-13-21-17(23-22-13)12-14-7-10-24(11-8-14)19(25)18-16-5-3-2-4-15(16)6-9-20-18/h2-6,9,14H,7-8,10-12H2,1H3,(H,21,22,23). The number of nitrogens with zero attached hydrogens (tertiary/aromatic N) is 4. The van der Waals surface area contributed by atoms with Crippen molar-refractivity contribution >= 4 is 16.7 Å². The average Bonchev–Trinajstić information content (AvgIpc) is 3.06. The molecule has 2 aromatic heterocycles. The number of piperidine rings is 1. The number of nitrogens with one attached hydrogen (secondary N) is 1. The Labute approximate surface area is 146 Å². The van der Waals surface area contributed by atoms with Gasteiger partial charge in [0.15, 0.2) is 5.82 Å². The van der Waals surface area contributed by atoms with E-state index in [1.807, 2.05) is 42.2 Å². The molecule has 0 aliphatic carbocycles. The quantitative estimate of drug-likeness (QED) is 0.798. The van der Waals surface area contributed by atoms with Gasteiger partial charge in [0.2, 0.25) is 0 Å². The number of carbonyl (C=O) groups is 1. The predicted octanol–water partition coefficient (Wildman–Crippen LogP) is 2.76. The largest absolute Gasteiger partial charge is 0.337 e. The highest BCUT2D eigenvalue weighted by Gasteiger charge is 2.26. The van der Waals surface area contributed by atoms with E-state index in [0.717, 1.165) is 54.8 Å². The maximum Gasteiger partial charge on any atom is 0.273 e. The van der Waals surface area contributed by atoms with E-state index in [2.05, 4.69) is 20.2 Å². The Kier molecular flexibility index (Phi) is 4.17. The molecule has 0 saturated carbocycles. The third-order valence-corrected chi connectivity index (χ3v) is 4.89. The van der Waals surface area contributed by atoms with Gasteiger partial charge in [0.1, 0.15) is 11.5 Å². The Balaban J connectivity index is 1.44. The number of rotatable bonds is 3. The van der Waals surface area contributed by atoms with Crippen LogP contribution in [0.25, 0.3) is 10.8 Å². The SMILES string of the molecule is Cc1nc(CC2CCN(C(=O)c3nccc4ccccc34)CC2)n[nH]1. The molecule has 3 heterocycles. The molecule has 1 amide bonds. The highest BCUT2D eigenvalue weighted by Crippen LogP contribution is 2.23. The van der Waals surface area contributed by atoms with Gasteiger partial charge in [0.25, 0.3) is 5.91 Å². The number of hydrogen-bond acceptors (Lipinski definition) is 4. The van der Waals surface area contributed by atoms with Gasteiger partial charge < -0.3 is 4.90 Å². The highest BCUT2D eigenvalue weighted by atomic mass is 16.2. The number of hydrogen-bond donors (Lipinski definition) is 1. The maximum absolute atomic E-state index is 12.9. The van der Waals surface area contributed by atoms with Crippen LogP contribution in [-0.4, -0.2) is 44.1 Å². The number of amides is 1. The normalized spacial score (nSPS) is 15.6. The van der Waals surface area contributed by atoms with Crippen molar-refractivity contribution in [1.29, 1.82) is 0 Å². The first kappa shape index (κ1) is 15.7. The molecule has 6 nitrogen and oxygen atoms in total. The van der Waals surface area contributed by atoms with Crippen molar-refractivity contribution in [1.82, 2.24) is 25.1 Å². The molecular formula is C19H21N5O. The van der Waals surface area contributed by atoms with Gasteiger partial charge in [-0.25, -0.2) is 4.98 Å². The molecule has 4 rings (SSSR count). The van der Waals surface area contributed by atoms with E-state index in [-0.39, 0.29) is 5.91 Å². The highest BCUT2D eigenvalue weighted by molar-refractivity contribution is 6.05. The summed E-state index contributed by atoms with van der Waals surface area (Å²) < 4.78 is 0. The van der Waals surface area contributed by atoms with Crippen molar-refractivity contribution in [2.75, 3.05) is 13.1 Å². The third-order valence-electron chi connectivity index (χ3n) is 4.89. The average molecular weight is 335 g/mol. The van der Waals surface area contributed by atoms with Crippen molar-refractivity contribution in [3.63, 3.8) is 0 Å². The first-order chi connectivity index (χ1) is 12.2. The summed E-state index contributed by atoms with van der Waals surface area (Å²) in [6.45, 7) is 3.44. The second-order valence-corrected chi connectivity index (χ2v) is 6.66. The summed E-state index contributed by atoms with van der Waals surface area (Å²) in [6.07, 6.45) is 4.54. The van der Waals surface area contributed by atoms with E-state index >= 15 is 0 Å². The Bertz CT molecular complexity index is 890. The molecule has 0 spiro atoms. The second-order valence-electron chi connectivity index (χ2n) is 6.66. The van der Waals surface area contributed by atoms with Gasteiger partial charge in [0, 0.05) is 31.1 Å². The molecule has 0 atom stereocenters. The summed E-state index contributed by atoms with van der Waals surface area (Å²) in [4.78, 5) is 23.6. The lowest BCUT2D eigenvalue weighted by Gasteiger charge is -2.31. The number of carbonyl (C=O) groups excluding carboxylic acids is 1. The predicted molar refractivity (Wildman–Crippen MR) is 95.2 cm³/mol. The second kappa shape index (κ2) is 6.63. The minimum absolute atomic E-state index is 0.0315. The van der Waals surface area contributed by atoms with Gasteiger partial charge in [-0.05, 0) is 37.1 Å². The van der Waals surface area contributed by atoms with Gasteiger partial charge in [-0.2, -0.15) is 5.10 Å². The fourth-order valence-electron chi connectivity index (χ4n) is 3.52. The van der Waals surface area contributed by atoms with Crippen molar-refractivity contribution in [3.05, 3.63) is 53.9 Å². The summed E-state index contributed by atoms with van der Waals surface area (Å²) in [6, 6.07) is 9.85. The zero-order valence-electron chi connectivity index (χ0n) is 14.3. The molecule has 25 heavy (non-hydrogen) atoms. The van der Waals surface area contributed by atoms with Gasteiger partial charge in [-0.15, -0.1) is 0 Å². The fraction of sp³-hybridized carbons (Fsp3) is 0.368. The van der Waals surface area contributed by atoms with Crippen LogP contribution in [-0.2, 0) is 6.42 Å². The van der Waals surface area contributed by atoms with Crippen molar-refractivity contribution in [2.45, 2.75) is 26.2 Å². The van der Waals surface area contributed by atoms with Gasteiger partial charge >= 0.3 is 0 Å². The van der Waals surface area contributed by atoms with Crippen LogP contribution in [0.4, 0.5) is 0 Å². The van der Waals surface area contributed by atoms with Crippen LogP contribution in [0.3, 0.4) is 0 Å². The van der Waals surface area contributed by atoms with Crippen molar-refractivity contribution in [3.8, 4) is 0 Å². The monoisotopic (exact) mass is 335 g/mol. The number of likely N-dealkylation sites (tertiary alicyclic amines) is 1. The van der Waals surface area contributed by atoms with Gasteiger partial charge in [-0.1, -0.05) is 24.3 Å². The molecule has 128 valence electrons. The van der Waals surface area contributed by atoms with Crippen LogP contribution < -0.4 is 0 Å². The molecule has 1 N–H and O–H groups in total. The lowest BCUT2D eigenvalue weighted by Crippen LogP contribution is -2.39. The van der Waals surface area contributed by atoms with Crippen LogP contribution in [0.1, 0.15) is 35.0 Å². The number of aromatic amines is 1. The first-order valence-corrected chi connectivity index (χ1v) is 8.71. The molecule has 1 aliphatic rings. The molecule has 0 bridgehead atoms. The molecule has 0 radical (unpaired) electrons. The number of aromatic nitrogens is 4. The Morgan fingerprint density at radius 2 is 2.04 bits per heavy atom. The van der Waals surface area contributed by atoms with Crippen molar-refractivity contribution < 1.29 is 4.79 Å². The first-order valence-electron chi connectivity index (χ1n) is 8.71. The lowest BCUT2D eigenvalue weighted by molar-refractivity contribution is 0.0686. The molecule has 1 aliphatic heterocycles. The summed E-state index contributed by atoms with van der Waals surface area (Å²) in [5.74, 6) is 2.28. The van der Waals surface area contributed by atoms with Crippen LogP contribution in [0.2, 0.25) is 0 Å². The smallest absolute Gasteiger partial charge is 0.273 e. The van der Waals surface area contributed by atoms with E-state index in [1.165, 1.54) is 0 Å². The van der Waals surface area contributed by atoms with Crippen LogP contribution in [0, 0.1) is 12.8 Å². The minimum Gasteiger partial charge on any atom is -0.337 e. The topological polar surface area (TPSA) is 74.8 Å². The van der Waals surface area contributed by atoms with Gasteiger partial charge in [-0.3, -0.25) is 14.9 Å². The molecular weight excluding hydrogens is 314 g/mol. The van der Waals surface area contributed by atoms with Crippen LogP contribution >= 0.6 is 0 Å². The van der Waals surface area contributed by atoms with Gasteiger partial charge in [0.05, 0.1) is 0 Å². The number of H-pyrrole nitrogens is 1. The molecule has 0 unspecified atom stereocenters. The summed E-state index contributed by atoms with van der Waals surface area (Å²) in [5.41, 5.74) is 0.557. The number of aryl methyl sites for hydroxylation is 1. The Morgan fingerprint density at radius 3 is 2.80 bits per heavy atom. The zero-order valence-corrected chi connectivity index (χ0v) is 14.3. The Morgan fingerprint density at radius 1 is 1.24 bits per heavy atom. The number of pyridine rings is 1. The zero-order chi connectivity index (χ0) is 17.2. The van der Waals surface area contributed by atoms with E-state index < -0.39 is 0 Å². The number of benzene rings is 1. The van der Waals surface area contributed by atoms with Crippen LogP contribution in [0.5, 0.6) is 0 Å². The van der Waals surface area contributed by atoms with Crippen molar-refractivity contribution in [2.24, 2.45) is 5.92 Å². The molecule has 3 aromatic rings.